The first kappa shape index (κ1) is 19.8. The Morgan fingerprint density at radius 3 is 2.28 bits per heavy atom. The molecule has 1 N–H and O–H groups in total. The minimum Gasteiger partial charge on any atom is -0.493 e. The van der Waals surface area contributed by atoms with Gasteiger partial charge in [-0.25, -0.2) is 14.4 Å². The number of benzene rings is 2. The summed E-state index contributed by atoms with van der Waals surface area (Å²) in [7, 11) is 4.49. The van der Waals surface area contributed by atoms with Crippen LogP contribution in [0.1, 0.15) is 0 Å². The summed E-state index contributed by atoms with van der Waals surface area (Å²) in [5.41, 5.74) is 0.602. The van der Waals surface area contributed by atoms with Crippen LogP contribution in [-0.4, -0.2) is 36.2 Å². The maximum absolute atomic E-state index is 14.3. The zero-order chi connectivity index (χ0) is 21.0. The predicted molar refractivity (Wildman–Crippen MR) is 103 cm³/mol. The first-order chi connectivity index (χ1) is 14.0. The van der Waals surface area contributed by atoms with E-state index in [0.29, 0.717) is 22.9 Å². The van der Waals surface area contributed by atoms with Crippen molar-refractivity contribution in [3.05, 3.63) is 58.5 Å². The maximum atomic E-state index is 14.3. The van der Waals surface area contributed by atoms with Gasteiger partial charge in [0.2, 0.25) is 11.7 Å². The van der Waals surface area contributed by atoms with Gasteiger partial charge < -0.3 is 19.5 Å². The van der Waals surface area contributed by atoms with Gasteiger partial charge in [-0.15, -0.1) is 0 Å². The highest BCUT2D eigenvalue weighted by Gasteiger charge is 2.16. The Morgan fingerprint density at radius 2 is 1.72 bits per heavy atom. The molecule has 0 aliphatic heterocycles. The van der Waals surface area contributed by atoms with E-state index >= 15 is 0 Å². The van der Waals surface area contributed by atoms with Crippen LogP contribution in [0.5, 0.6) is 17.2 Å². The van der Waals surface area contributed by atoms with E-state index in [-0.39, 0.29) is 22.9 Å². The molecule has 0 radical (unpaired) electrons. The van der Waals surface area contributed by atoms with Gasteiger partial charge in [0.15, 0.2) is 11.5 Å². The maximum Gasteiger partial charge on any atom is 0.272 e. The molecular weight excluding hydrogens is 383 g/mol. The molecule has 10 heteroatoms. The number of rotatable bonds is 7. The van der Waals surface area contributed by atoms with Gasteiger partial charge in [-0.2, -0.15) is 0 Å². The van der Waals surface area contributed by atoms with E-state index in [1.165, 1.54) is 45.7 Å². The van der Waals surface area contributed by atoms with Crippen LogP contribution < -0.4 is 19.5 Å². The molecule has 1 aromatic heterocycles. The number of nitro groups is 1. The summed E-state index contributed by atoms with van der Waals surface area (Å²) in [6, 6.07) is 8.22. The quantitative estimate of drug-likeness (QED) is 0.469. The summed E-state index contributed by atoms with van der Waals surface area (Å²) in [5.74, 6) is 0.744. The van der Waals surface area contributed by atoms with E-state index in [4.69, 9.17) is 14.2 Å². The number of hydrogen-bond acceptors (Lipinski definition) is 8. The number of methoxy groups -OCH3 is 3. The minimum absolute atomic E-state index is 0.117. The topological polar surface area (TPSA) is 109 Å². The number of anilines is 2. The molecule has 9 nitrogen and oxygen atoms in total. The lowest BCUT2D eigenvalue weighted by atomic mass is 10.1. The van der Waals surface area contributed by atoms with Crippen LogP contribution in [0.15, 0.2) is 42.6 Å². The summed E-state index contributed by atoms with van der Waals surface area (Å²) >= 11 is 0. The molecule has 1 heterocycles. The van der Waals surface area contributed by atoms with Gasteiger partial charge in [0.25, 0.3) is 5.69 Å². The fourth-order valence-corrected chi connectivity index (χ4v) is 2.68. The monoisotopic (exact) mass is 400 g/mol. The van der Waals surface area contributed by atoms with Gasteiger partial charge in [0.1, 0.15) is 5.82 Å². The van der Waals surface area contributed by atoms with E-state index in [2.05, 4.69) is 15.3 Å². The highest BCUT2D eigenvalue weighted by molar-refractivity contribution is 5.67. The lowest BCUT2D eigenvalue weighted by molar-refractivity contribution is -0.385. The number of aromatic nitrogens is 2. The molecule has 0 aliphatic rings. The van der Waals surface area contributed by atoms with Crippen LogP contribution in [0.2, 0.25) is 0 Å². The SMILES string of the molecule is COc1cc(Nc2nccc(-c3ccc([N+](=O)[O-])cc3F)n2)cc(OC)c1OC. The molecule has 0 atom stereocenters. The predicted octanol–water partition coefficient (Wildman–Crippen LogP) is 3.96. The Hall–Kier alpha value is -3.95. The number of ether oxygens (including phenoxy) is 3. The molecule has 0 saturated heterocycles. The molecule has 3 aromatic rings. The van der Waals surface area contributed by atoms with Crippen LogP contribution in [0.25, 0.3) is 11.3 Å². The van der Waals surface area contributed by atoms with E-state index < -0.39 is 10.7 Å². The average molecular weight is 400 g/mol. The lowest BCUT2D eigenvalue weighted by Crippen LogP contribution is -2.01. The summed E-state index contributed by atoms with van der Waals surface area (Å²) in [6.45, 7) is 0. The fourth-order valence-electron chi connectivity index (χ4n) is 2.68. The van der Waals surface area contributed by atoms with Crippen molar-refractivity contribution in [1.82, 2.24) is 9.97 Å². The smallest absolute Gasteiger partial charge is 0.272 e. The Bertz CT molecular complexity index is 1040. The van der Waals surface area contributed by atoms with Crippen molar-refractivity contribution < 1.29 is 23.5 Å². The standard InChI is InChI=1S/C19H17FN4O5/c1-27-16-8-11(9-17(28-2)18(16)29-3)22-19-21-7-6-15(23-19)13-5-4-12(24(25)26)10-14(13)20/h4-10H,1-3H3,(H,21,22,23). The zero-order valence-corrected chi connectivity index (χ0v) is 15.8. The average Bonchev–Trinajstić information content (AvgIpc) is 2.72. The molecule has 29 heavy (non-hydrogen) atoms. The van der Waals surface area contributed by atoms with Crippen LogP contribution in [0.4, 0.5) is 21.7 Å². The molecule has 0 fully saturated rings. The second-order valence-corrected chi connectivity index (χ2v) is 5.73. The summed E-state index contributed by atoms with van der Waals surface area (Å²) in [6.07, 6.45) is 1.45. The van der Waals surface area contributed by atoms with Gasteiger partial charge in [-0.3, -0.25) is 10.1 Å². The number of nitrogens with zero attached hydrogens (tertiary/aromatic N) is 3. The van der Waals surface area contributed by atoms with E-state index in [0.717, 1.165) is 6.07 Å². The van der Waals surface area contributed by atoms with E-state index in [9.17, 15) is 14.5 Å². The second kappa shape index (κ2) is 8.38. The Labute approximate surface area is 165 Å². The molecule has 0 amide bonds. The Kier molecular flexibility index (Phi) is 5.72. The molecule has 3 rings (SSSR count). The fraction of sp³-hybridized carbons (Fsp3) is 0.158. The van der Waals surface area contributed by atoms with E-state index in [1.54, 1.807) is 12.1 Å². The summed E-state index contributed by atoms with van der Waals surface area (Å²) in [5, 5.41) is 13.8. The van der Waals surface area contributed by atoms with Crippen molar-refractivity contribution in [3.8, 4) is 28.5 Å². The van der Waals surface area contributed by atoms with Crippen molar-refractivity contribution in [2.45, 2.75) is 0 Å². The molecule has 0 bridgehead atoms. The third-order valence-electron chi connectivity index (χ3n) is 4.02. The largest absolute Gasteiger partial charge is 0.493 e. The highest BCUT2D eigenvalue weighted by atomic mass is 19.1. The first-order valence-electron chi connectivity index (χ1n) is 8.31. The Balaban J connectivity index is 1.94. The van der Waals surface area contributed by atoms with Gasteiger partial charge in [-0.1, -0.05) is 0 Å². The number of nitro benzene ring substituents is 1. The minimum atomic E-state index is -0.753. The van der Waals surface area contributed by atoms with Crippen molar-refractivity contribution >= 4 is 17.3 Å². The van der Waals surface area contributed by atoms with Crippen LogP contribution >= 0.6 is 0 Å². The molecule has 0 saturated carbocycles. The molecule has 150 valence electrons. The van der Waals surface area contributed by atoms with Crippen molar-refractivity contribution in [1.29, 1.82) is 0 Å². The molecule has 0 aliphatic carbocycles. The van der Waals surface area contributed by atoms with Crippen molar-refractivity contribution in [2.24, 2.45) is 0 Å². The number of non-ortho nitro benzene ring substituents is 1. The number of nitrogens with one attached hydrogen (secondary N) is 1. The van der Waals surface area contributed by atoms with E-state index in [1.807, 2.05) is 0 Å². The Morgan fingerprint density at radius 1 is 1.03 bits per heavy atom. The van der Waals surface area contributed by atoms with Gasteiger partial charge >= 0.3 is 0 Å². The lowest BCUT2D eigenvalue weighted by Gasteiger charge is -2.14. The highest BCUT2D eigenvalue weighted by Crippen LogP contribution is 2.40. The molecule has 2 aromatic carbocycles. The summed E-state index contributed by atoms with van der Waals surface area (Å²) in [4.78, 5) is 18.5. The molecular formula is C19H17FN4O5. The van der Waals surface area contributed by atoms with Crippen LogP contribution in [0, 0.1) is 15.9 Å². The first-order valence-corrected chi connectivity index (χ1v) is 8.31. The number of halogens is 1. The third kappa shape index (κ3) is 4.15. The third-order valence-corrected chi connectivity index (χ3v) is 4.02. The zero-order valence-electron chi connectivity index (χ0n) is 15.8. The second-order valence-electron chi connectivity index (χ2n) is 5.73. The number of hydrogen-bond donors (Lipinski definition) is 1. The van der Waals surface area contributed by atoms with Crippen LogP contribution in [0.3, 0.4) is 0 Å². The summed E-state index contributed by atoms with van der Waals surface area (Å²) < 4.78 is 30.2. The normalized spacial score (nSPS) is 10.3. The van der Waals surface area contributed by atoms with Gasteiger partial charge in [0, 0.05) is 35.6 Å². The van der Waals surface area contributed by atoms with Crippen molar-refractivity contribution in [2.75, 3.05) is 26.6 Å². The van der Waals surface area contributed by atoms with Gasteiger partial charge in [0.05, 0.1) is 38.0 Å². The van der Waals surface area contributed by atoms with Gasteiger partial charge in [-0.05, 0) is 12.1 Å². The van der Waals surface area contributed by atoms with Crippen molar-refractivity contribution in [3.63, 3.8) is 0 Å². The van der Waals surface area contributed by atoms with Crippen LogP contribution in [-0.2, 0) is 0 Å². The molecule has 0 unspecified atom stereocenters. The molecule has 0 spiro atoms.